The number of benzene rings is 1. The Morgan fingerprint density at radius 2 is 2.14 bits per heavy atom. The Hall–Kier alpha value is -3.37. The highest BCUT2D eigenvalue weighted by molar-refractivity contribution is 6.32. The molecule has 11 heteroatoms. The van der Waals surface area contributed by atoms with Crippen molar-refractivity contribution in [2.24, 2.45) is 13.0 Å². The van der Waals surface area contributed by atoms with Crippen LogP contribution < -0.4 is 25.8 Å². The van der Waals surface area contributed by atoms with Crippen LogP contribution in [0.25, 0.3) is 10.9 Å². The van der Waals surface area contributed by atoms with E-state index in [2.05, 4.69) is 39.3 Å². The molecule has 3 aromatic rings. The Morgan fingerprint density at radius 3 is 2.89 bits per heavy atom. The molecule has 1 saturated heterocycles. The van der Waals surface area contributed by atoms with Gasteiger partial charge in [-0.15, -0.1) is 0 Å². The molecule has 186 valence electrons. The molecule has 3 heterocycles. The molecule has 1 atom stereocenters. The van der Waals surface area contributed by atoms with Crippen molar-refractivity contribution in [3.8, 4) is 5.75 Å². The number of rotatable bonds is 7. The van der Waals surface area contributed by atoms with Gasteiger partial charge in [0, 0.05) is 38.3 Å². The lowest BCUT2D eigenvalue weighted by Gasteiger charge is -2.35. The number of aromatic nitrogens is 3. The number of carbonyl (C=O) groups excluding carboxylic acids is 1. The minimum absolute atomic E-state index is 0.0927. The van der Waals surface area contributed by atoms with Gasteiger partial charge in [-0.1, -0.05) is 25.4 Å². The maximum atomic E-state index is 12.6. The number of morpholine rings is 1. The number of nitrogens with one attached hydrogen (secondary N) is 2. The van der Waals surface area contributed by atoms with Gasteiger partial charge >= 0.3 is 0 Å². The first-order chi connectivity index (χ1) is 16.8. The fourth-order valence-electron chi connectivity index (χ4n) is 3.84. The highest BCUT2D eigenvalue weighted by Crippen LogP contribution is 2.28. The molecule has 0 radical (unpaired) electrons. The number of hydrogen-bond acceptors (Lipinski definition) is 8. The minimum atomic E-state index is -0.323. The molecule has 35 heavy (non-hydrogen) atoms. The van der Waals surface area contributed by atoms with Crippen LogP contribution in [0.1, 0.15) is 13.8 Å². The third-order valence-corrected chi connectivity index (χ3v) is 6.22. The van der Waals surface area contributed by atoms with Crippen LogP contribution in [-0.4, -0.2) is 59.9 Å². The molecule has 1 fully saturated rings. The molecule has 1 amide bonds. The van der Waals surface area contributed by atoms with E-state index in [1.807, 2.05) is 18.2 Å². The van der Waals surface area contributed by atoms with Crippen molar-refractivity contribution in [2.75, 3.05) is 43.6 Å². The predicted octanol–water partition coefficient (Wildman–Crippen LogP) is 2.71. The number of carbonyl (C=O) groups is 1. The first-order valence-electron chi connectivity index (χ1n) is 11.4. The molecule has 0 unspecified atom stereocenters. The van der Waals surface area contributed by atoms with Gasteiger partial charge in [-0.05, 0) is 30.2 Å². The third kappa shape index (κ3) is 5.49. The van der Waals surface area contributed by atoms with E-state index in [0.717, 1.165) is 16.6 Å². The second-order valence-corrected chi connectivity index (χ2v) is 9.11. The second kappa shape index (κ2) is 10.5. The van der Waals surface area contributed by atoms with E-state index < -0.39 is 0 Å². The number of hydrogen-bond donors (Lipinski definition) is 2. The maximum absolute atomic E-state index is 12.6. The van der Waals surface area contributed by atoms with Crippen LogP contribution in [-0.2, 0) is 16.6 Å². The van der Waals surface area contributed by atoms with Gasteiger partial charge in [0.2, 0.25) is 5.95 Å². The summed E-state index contributed by atoms with van der Waals surface area (Å²) in [6, 6.07) is 7.16. The van der Waals surface area contributed by atoms with Gasteiger partial charge in [0.25, 0.3) is 11.5 Å². The topological polar surface area (TPSA) is 111 Å². The van der Waals surface area contributed by atoms with Crippen molar-refractivity contribution in [2.45, 2.75) is 20.0 Å². The van der Waals surface area contributed by atoms with Crippen LogP contribution in [0.3, 0.4) is 0 Å². The van der Waals surface area contributed by atoms with E-state index in [9.17, 15) is 9.59 Å². The van der Waals surface area contributed by atoms with E-state index >= 15 is 0 Å². The summed E-state index contributed by atoms with van der Waals surface area (Å²) in [5, 5.41) is 6.86. The van der Waals surface area contributed by atoms with Crippen LogP contribution in [0.15, 0.2) is 35.3 Å². The fraction of sp³-hybridized carbons (Fsp3) is 0.417. The number of anilines is 3. The van der Waals surface area contributed by atoms with Crippen LogP contribution >= 0.6 is 11.6 Å². The molecular formula is C24H29ClN6O4. The Kier molecular flexibility index (Phi) is 7.42. The molecule has 1 aliphatic rings. The van der Waals surface area contributed by atoms with E-state index in [4.69, 9.17) is 21.1 Å². The first-order valence-corrected chi connectivity index (χ1v) is 11.8. The second-order valence-electron chi connectivity index (χ2n) is 8.70. The lowest BCUT2D eigenvalue weighted by molar-refractivity contribution is -0.122. The smallest absolute Gasteiger partial charge is 0.293 e. The monoisotopic (exact) mass is 500 g/mol. The average Bonchev–Trinajstić information content (AvgIpc) is 2.86. The summed E-state index contributed by atoms with van der Waals surface area (Å²) in [4.78, 5) is 35.3. The van der Waals surface area contributed by atoms with Crippen molar-refractivity contribution in [1.82, 2.24) is 19.9 Å². The number of pyridine rings is 1. The van der Waals surface area contributed by atoms with E-state index in [1.165, 1.54) is 11.6 Å². The van der Waals surface area contributed by atoms with E-state index in [0.29, 0.717) is 42.4 Å². The predicted molar refractivity (Wildman–Crippen MR) is 136 cm³/mol. The highest BCUT2D eigenvalue weighted by atomic mass is 35.5. The Morgan fingerprint density at radius 1 is 1.34 bits per heavy atom. The van der Waals surface area contributed by atoms with E-state index in [1.54, 1.807) is 19.3 Å². The maximum Gasteiger partial charge on any atom is 0.293 e. The Labute approximate surface area is 208 Å². The van der Waals surface area contributed by atoms with Crippen LogP contribution in [0.2, 0.25) is 5.02 Å². The van der Waals surface area contributed by atoms with Crippen molar-refractivity contribution >= 4 is 45.9 Å². The summed E-state index contributed by atoms with van der Waals surface area (Å²) in [6.45, 7) is 6.05. The van der Waals surface area contributed by atoms with Gasteiger partial charge in [-0.2, -0.15) is 4.98 Å². The molecular weight excluding hydrogens is 472 g/mol. The number of ether oxygens (including phenoxy) is 2. The largest absolute Gasteiger partial charge is 0.478 e. The molecule has 1 aromatic carbocycles. The summed E-state index contributed by atoms with van der Waals surface area (Å²) < 4.78 is 12.8. The number of likely N-dealkylation sites (N-methyl/N-ethyl adjacent to an activating group) is 1. The van der Waals surface area contributed by atoms with Gasteiger partial charge < -0.3 is 29.6 Å². The molecule has 1 aliphatic heterocycles. The fourth-order valence-corrected chi connectivity index (χ4v) is 3.98. The van der Waals surface area contributed by atoms with Crippen molar-refractivity contribution < 1.29 is 14.3 Å². The number of aryl methyl sites for hydroxylation is 1. The Bertz CT molecular complexity index is 1290. The molecule has 0 aliphatic carbocycles. The number of halogens is 1. The molecule has 4 rings (SSSR count). The van der Waals surface area contributed by atoms with Gasteiger partial charge in [-0.3, -0.25) is 9.59 Å². The summed E-state index contributed by atoms with van der Waals surface area (Å²) in [5.74, 6) is 1.22. The van der Waals surface area contributed by atoms with Gasteiger partial charge in [0.1, 0.15) is 5.02 Å². The summed E-state index contributed by atoms with van der Waals surface area (Å²) in [5.41, 5.74) is 1.12. The summed E-state index contributed by atoms with van der Waals surface area (Å²) in [6.07, 6.45) is 1.70. The number of fused-ring (bicyclic) bond motifs is 1. The van der Waals surface area contributed by atoms with Gasteiger partial charge in [0.15, 0.2) is 18.2 Å². The van der Waals surface area contributed by atoms with Crippen LogP contribution in [0, 0.1) is 5.92 Å². The molecule has 2 aromatic heterocycles. The van der Waals surface area contributed by atoms with Crippen LogP contribution in [0.4, 0.5) is 17.5 Å². The van der Waals surface area contributed by atoms with Crippen molar-refractivity contribution in [1.29, 1.82) is 0 Å². The Balaban J connectivity index is 1.60. The minimum Gasteiger partial charge on any atom is -0.478 e. The SMILES string of the molecule is CNC(=O)COc1cc2cc(Nc3nc(N4CCO[C@H](C(C)C)C4)ncc3Cl)ccc2n(C)c1=O. The van der Waals surface area contributed by atoms with Crippen molar-refractivity contribution in [3.05, 3.63) is 45.8 Å². The highest BCUT2D eigenvalue weighted by Gasteiger charge is 2.25. The quantitative estimate of drug-likeness (QED) is 0.509. The average molecular weight is 501 g/mol. The zero-order valence-electron chi connectivity index (χ0n) is 20.2. The standard InChI is InChI=1S/C24H29ClN6O4/c1-14(2)20-12-31(7-8-34-20)24-27-11-17(25)22(29-24)28-16-5-6-18-15(9-16)10-19(23(33)30(18)4)35-13-21(32)26-3/h5-6,9-11,14,20H,7-8,12-13H2,1-4H3,(H,26,32)(H,27,28,29)/t20-/m0/s1. The molecule has 0 saturated carbocycles. The van der Waals surface area contributed by atoms with Gasteiger partial charge in [0.05, 0.1) is 24.4 Å². The first kappa shape index (κ1) is 24.7. The molecule has 10 nitrogen and oxygen atoms in total. The van der Waals surface area contributed by atoms with Gasteiger partial charge in [-0.25, -0.2) is 4.98 Å². The third-order valence-electron chi connectivity index (χ3n) is 5.94. The van der Waals surface area contributed by atoms with E-state index in [-0.39, 0.29) is 29.9 Å². The van der Waals surface area contributed by atoms with Crippen LogP contribution in [0.5, 0.6) is 5.75 Å². The summed E-state index contributed by atoms with van der Waals surface area (Å²) >= 11 is 6.40. The molecule has 2 N–H and O–H groups in total. The number of amides is 1. The molecule has 0 spiro atoms. The summed E-state index contributed by atoms with van der Waals surface area (Å²) in [7, 11) is 3.17. The lowest BCUT2D eigenvalue weighted by atomic mass is 10.1. The zero-order chi connectivity index (χ0) is 25.1. The van der Waals surface area contributed by atoms with Crippen molar-refractivity contribution in [3.63, 3.8) is 0 Å². The number of nitrogens with zero attached hydrogens (tertiary/aromatic N) is 4. The normalized spacial score (nSPS) is 15.9. The zero-order valence-corrected chi connectivity index (χ0v) is 20.9. The lowest BCUT2D eigenvalue weighted by Crippen LogP contribution is -2.45. The molecule has 0 bridgehead atoms.